The van der Waals surface area contributed by atoms with Crippen molar-refractivity contribution >= 4 is 23.5 Å². The van der Waals surface area contributed by atoms with Crippen LogP contribution in [0.1, 0.15) is 78.1 Å². The van der Waals surface area contributed by atoms with Gasteiger partial charge in [-0.05, 0) is 55.7 Å². The van der Waals surface area contributed by atoms with E-state index in [1.807, 2.05) is 6.07 Å². The van der Waals surface area contributed by atoms with Gasteiger partial charge in [0.25, 0.3) is 0 Å². The van der Waals surface area contributed by atoms with Crippen LogP contribution >= 0.6 is 0 Å². The van der Waals surface area contributed by atoms with E-state index in [9.17, 15) is 32.8 Å². The van der Waals surface area contributed by atoms with E-state index in [0.29, 0.717) is 24.0 Å². The molecule has 0 spiro atoms. The molecule has 5 rings (SSSR count). The highest BCUT2D eigenvalue weighted by atomic mass is 19.4. The summed E-state index contributed by atoms with van der Waals surface area (Å²) in [5.74, 6) is -1.34. The molecule has 12 heteroatoms. The number of alkyl halides is 3. The summed E-state index contributed by atoms with van der Waals surface area (Å²) >= 11 is 0. The van der Waals surface area contributed by atoms with Crippen LogP contribution in [0.15, 0.2) is 70.5 Å². The van der Waals surface area contributed by atoms with Crippen molar-refractivity contribution in [3.63, 3.8) is 0 Å². The average molecular weight is 607 g/mol. The summed E-state index contributed by atoms with van der Waals surface area (Å²) in [6.07, 6.45) is 0.416. The highest BCUT2D eigenvalue weighted by molar-refractivity contribution is 6.06. The van der Waals surface area contributed by atoms with Crippen molar-refractivity contribution in [1.29, 1.82) is 5.26 Å². The number of nitrogens with zero attached hydrogens (tertiary/aromatic N) is 4. The predicted molar refractivity (Wildman–Crippen MR) is 151 cm³/mol. The van der Waals surface area contributed by atoms with Gasteiger partial charge in [-0.3, -0.25) is 9.69 Å². The first-order valence-corrected chi connectivity index (χ1v) is 14.1. The summed E-state index contributed by atoms with van der Waals surface area (Å²) in [5.41, 5.74) is 0.177. The van der Waals surface area contributed by atoms with Crippen LogP contribution in [0.25, 0.3) is 0 Å². The Morgan fingerprint density at radius 2 is 1.82 bits per heavy atom. The summed E-state index contributed by atoms with van der Waals surface area (Å²) in [5, 5.41) is 9.36. The van der Waals surface area contributed by atoms with Crippen LogP contribution in [0.4, 0.5) is 23.7 Å². The number of anilines is 1. The van der Waals surface area contributed by atoms with Gasteiger partial charge < -0.3 is 14.1 Å². The van der Waals surface area contributed by atoms with Gasteiger partial charge in [0, 0.05) is 17.2 Å². The van der Waals surface area contributed by atoms with Crippen molar-refractivity contribution in [1.82, 2.24) is 9.88 Å². The number of oxazole rings is 1. The lowest BCUT2D eigenvalue weighted by molar-refractivity contribution is -0.137. The number of ether oxygens (including phenoxy) is 1. The second-order valence-electron chi connectivity index (χ2n) is 10.7. The Balaban J connectivity index is 1.71. The molecule has 9 nitrogen and oxygen atoms in total. The third kappa shape index (κ3) is 5.95. The van der Waals surface area contributed by atoms with E-state index in [4.69, 9.17) is 9.15 Å². The number of carbonyl (C=O) groups excluding carboxylic acids is 3. The monoisotopic (exact) mass is 606 g/mol. The molecule has 1 atom stereocenters. The lowest BCUT2D eigenvalue weighted by Gasteiger charge is -2.43. The van der Waals surface area contributed by atoms with Crippen LogP contribution in [0, 0.1) is 17.2 Å². The molecule has 1 aromatic heterocycles. The number of urea groups is 1. The van der Waals surface area contributed by atoms with E-state index in [2.05, 4.69) is 4.98 Å². The largest absolute Gasteiger partial charge is 0.464 e. The second-order valence-corrected chi connectivity index (χ2v) is 10.7. The number of nitriles is 1. The topological polar surface area (TPSA) is 117 Å². The van der Waals surface area contributed by atoms with Crippen molar-refractivity contribution in [3.05, 3.63) is 94.3 Å². The molecule has 44 heavy (non-hydrogen) atoms. The van der Waals surface area contributed by atoms with Gasteiger partial charge in [0.1, 0.15) is 6.26 Å². The summed E-state index contributed by atoms with van der Waals surface area (Å²) in [4.78, 5) is 47.3. The lowest BCUT2D eigenvalue weighted by Crippen LogP contribution is -2.51. The smallest absolute Gasteiger partial charge is 0.416 e. The molecular formula is C32H29F3N4O5. The number of aromatic nitrogens is 1. The summed E-state index contributed by atoms with van der Waals surface area (Å²) in [6.45, 7) is 1.23. The number of methoxy groups -OCH3 is 1. The zero-order valence-electron chi connectivity index (χ0n) is 24.1. The van der Waals surface area contributed by atoms with Crippen molar-refractivity contribution in [2.45, 2.75) is 57.8 Å². The van der Waals surface area contributed by atoms with E-state index in [0.717, 1.165) is 42.6 Å². The van der Waals surface area contributed by atoms with E-state index < -0.39 is 29.8 Å². The van der Waals surface area contributed by atoms with E-state index in [1.165, 1.54) is 24.1 Å². The molecule has 3 aromatic rings. The Labute approximate surface area is 251 Å². The standard InChI is InChI=1S/C32H29F3N4O5/c1-19-27(29(40)22-7-4-3-5-8-22)28(21-13-11-20(16-36)12-14-21)38(17-26-37-25(18-44-26)30(41)43-2)31(42)39(19)24-10-6-9-23(15-24)32(33,34)35/h6,9-15,18,22,28H,3-5,7-8,17H2,1-2H3. The first-order chi connectivity index (χ1) is 21.0. The van der Waals surface area contributed by atoms with Crippen LogP contribution in [0.3, 0.4) is 0 Å². The Bertz CT molecular complexity index is 1650. The number of Topliss-reactive ketones (excluding diaryl/α,β-unsaturated/α-hetero) is 1. The van der Waals surface area contributed by atoms with Crippen molar-refractivity contribution < 1.29 is 36.7 Å². The van der Waals surface area contributed by atoms with Gasteiger partial charge >= 0.3 is 18.2 Å². The molecule has 0 radical (unpaired) electrons. The molecule has 1 fully saturated rings. The number of halogens is 3. The molecule has 0 saturated heterocycles. The third-order valence-corrected chi connectivity index (χ3v) is 8.03. The maximum Gasteiger partial charge on any atom is 0.416 e. The highest BCUT2D eigenvalue weighted by Crippen LogP contribution is 2.44. The van der Waals surface area contributed by atoms with Crippen LogP contribution in [-0.2, 0) is 22.3 Å². The molecule has 1 aliphatic carbocycles. The Morgan fingerprint density at radius 1 is 1.11 bits per heavy atom. The van der Waals surface area contributed by atoms with Crippen molar-refractivity contribution in [3.8, 4) is 6.07 Å². The van der Waals surface area contributed by atoms with Crippen molar-refractivity contribution in [2.24, 2.45) is 5.92 Å². The highest BCUT2D eigenvalue weighted by Gasteiger charge is 2.45. The lowest BCUT2D eigenvalue weighted by atomic mass is 9.79. The van der Waals surface area contributed by atoms with Crippen LogP contribution in [0.5, 0.6) is 0 Å². The predicted octanol–water partition coefficient (Wildman–Crippen LogP) is 6.96. The van der Waals surface area contributed by atoms with Gasteiger partial charge in [-0.1, -0.05) is 37.5 Å². The molecule has 1 unspecified atom stereocenters. The number of benzene rings is 2. The van der Waals surface area contributed by atoms with Gasteiger partial charge in [0.15, 0.2) is 11.5 Å². The molecule has 228 valence electrons. The van der Waals surface area contributed by atoms with Crippen LogP contribution in [0.2, 0.25) is 0 Å². The maximum atomic E-state index is 14.4. The molecule has 1 aliphatic heterocycles. The van der Waals surface area contributed by atoms with Gasteiger partial charge in [0.2, 0.25) is 5.89 Å². The summed E-state index contributed by atoms with van der Waals surface area (Å²) in [7, 11) is 1.18. The van der Waals surface area contributed by atoms with E-state index in [-0.39, 0.29) is 46.8 Å². The van der Waals surface area contributed by atoms with Crippen LogP contribution in [-0.4, -0.2) is 34.8 Å². The number of rotatable bonds is 7. The van der Waals surface area contributed by atoms with E-state index >= 15 is 0 Å². The second kappa shape index (κ2) is 12.4. The summed E-state index contributed by atoms with van der Waals surface area (Å²) in [6, 6.07) is 11.1. The molecule has 2 aliphatic rings. The minimum atomic E-state index is -4.67. The fraction of sp³-hybridized carbons (Fsp3) is 0.344. The summed E-state index contributed by atoms with van der Waals surface area (Å²) < 4.78 is 51.3. The van der Waals surface area contributed by atoms with Gasteiger partial charge in [-0.15, -0.1) is 0 Å². The minimum Gasteiger partial charge on any atom is -0.464 e. The molecule has 2 heterocycles. The molecule has 0 N–H and O–H groups in total. The Hall–Kier alpha value is -4.92. The first-order valence-electron chi connectivity index (χ1n) is 14.1. The number of hydrogen-bond acceptors (Lipinski definition) is 7. The molecule has 2 amide bonds. The van der Waals surface area contributed by atoms with Gasteiger partial charge in [-0.25, -0.2) is 14.6 Å². The molecule has 2 aromatic carbocycles. The third-order valence-electron chi connectivity index (χ3n) is 8.03. The fourth-order valence-electron chi connectivity index (χ4n) is 5.85. The Morgan fingerprint density at radius 3 is 2.45 bits per heavy atom. The van der Waals surface area contributed by atoms with Crippen molar-refractivity contribution in [2.75, 3.05) is 12.0 Å². The van der Waals surface area contributed by atoms with Gasteiger partial charge in [-0.2, -0.15) is 18.4 Å². The number of carbonyl (C=O) groups is 3. The number of ketones is 1. The number of allylic oxidation sites excluding steroid dienone is 1. The zero-order chi connectivity index (χ0) is 31.6. The number of hydrogen-bond donors (Lipinski definition) is 0. The number of amides is 2. The molecular weight excluding hydrogens is 577 g/mol. The minimum absolute atomic E-state index is 0.0506. The molecule has 0 bridgehead atoms. The quantitative estimate of drug-likeness (QED) is 0.267. The average Bonchev–Trinajstić information content (AvgIpc) is 3.50. The van der Waals surface area contributed by atoms with Gasteiger partial charge in [0.05, 0.1) is 42.6 Å². The van der Waals surface area contributed by atoms with Crippen LogP contribution < -0.4 is 4.90 Å². The number of esters is 1. The Kier molecular flexibility index (Phi) is 8.58. The zero-order valence-corrected chi connectivity index (χ0v) is 24.1. The normalized spacial score (nSPS) is 17.9. The fourth-order valence-corrected chi connectivity index (χ4v) is 5.85. The maximum absolute atomic E-state index is 14.4. The van der Waals surface area contributed by atoms with E-state index in [1.54, 1.807) is 31.2 Å². The molecule has 1 saturated carbocycles. The SMILES string of the molecule is COC(=O)c1coc(CN2C(=O)N(c3cccc(C(F)(F)F)c3)C(C)=C(C(=O)C3CCCCC3)C2c2ccc(C#N)cc2)n1. The first kappa shape index (κ1) is 30.5.